The molecule has 0 aromatic heterocycles. The van der Waals surface area contributed by atoms with Gasteiger partial charge in [-0.3, -0.25) is 9.69 Å². The van der Waals surface area contributed by atoms with Crippen molar-refractivity contribution in [3.05, 3.63) is 83.9 Å². The molecule has 40 heavy (non-hydrogen) atoms. The number of piperazine rings is 1. The summed E-state index contributed by atoms with van der Waals surface area (Å²) in [6.07, 6.45) is 1.40. The van der Waals surface area contributed by atoms with Crippen LogP contribution in [0.2, 0.25) is 0 Å². The van der Waals surface area contributed by atoms with Crippen molar-refractivity contribution in [1.29, 1.82) is 0 Å². The zero-order chi connectivity index (χ0) is 29.1. The summed E-state index contributed by atoms with van der Waals surface area (Å²) >= 11 is 0. The van der Waals surface area contributed by atoms with Gasteiger partial charge in [0.25, 0.3) is 0 Å². The highest BCUT2D eigenvalue weighted by Crippen LogP contribution is 2.25. The van der Waals surface area contributed by atoms with Gasteiger partial charge in [0, 0.05) is 39.1 Å². The van der Waals surface area contributed by atoms with E-state index < -0.39 is 27.8 Å². The predicted molar refractivity (Wildman–Crippen MR) is 158 cm³/mol. The highest BCUT2D eigenvalue weighted by atomic mass is 32.2. The van der Waals surface area contributed by atoms with E-state index in [9.17, 15) is 18.0 Å². The standard InChI is InChI=1S/C31H39N3O5S/c1-31(2,3)39-30(36)32(4)28(21-25-16-11-15-24-14-9-10-17-27(24)25)29(35)34-19-18-33(40(5,37)38)22-26(34)20-23-12-7-6-8-13-23/h6-17,26,28H,18-22H2,1-5H3. The van der Waals surface area contributed by atoms with E-state index in [1.165, 1.54) is 15.5 Å². The molecule has 0 saturated carbocycles. The lowest BCUT2D eigenvalue weighted by Gasteiger charge is -2.43. The summed E-state index contributed by atoms with van der Waals surface area (Å²) in [6, 6.07) is 22.4. The fraction of sp³-hybridized carbons (Fsp3) is 0.419. The van der Waals surface area contributed by atoms with Gasteiger partial charge in [0.1, 0.15) is 11.6 Å². The Morgan fingerprint density at radius 2 is 1.62 bits per heavy atom. The second-order valence-electron chi connectivity index (χ2n) is 11.4. The number of hydrogen-bond acceptors (Lipinski definition) is 5. The van der Waals surface area contributed by atoms with E-state index in [4.69, 9.17) is 4.74 Å². The van der Waals surface area contributed by atoms with Crippen molar-refractivity contribution in [3.8, 4) is 0 Å². The number of sulfonamides is 1. The molecule has 2 atom stereocenters. The normalized spacial score (nSPS) is 17.4. The van der Waals surface area contributed by atoms with Crippen LogP contribution >= 0.6 is 0 Å². The average molecular weight is 566 g/mol. The van der Waals surface area contributed by atoms with Gasteiger partial charge >= 0.3 is 6.09 Å². The third-order valence-corrected chi connectivity index (χ3v) is 8.51. The Labute approximate surface area is 237 Å². The van der Waals surface area contributed by atoms with Gasteiger partial charge in [0.15, 0.2) is 0 Å². The topological polar surface area (TPSA) is 87.2 Å². The number of nitrogens with zero attached hydrogens (tertiary/aromatic N) is 3. The third kappa shape index (κ3) is 7.20. The minimum absolute atomic E-state index is 0.191. The van der Waals surface area contributed by atoms with Crippen molar-refractivity contribution in [2.45, 2.75) is 51.3 Å². The van der Waals surface area contributed by atoms with Crippen molar-refractivity contribution < 1.29 is 22.7 Å². The first-order chi connectivity index (χ1) is 18.8. The number of carbonyl (C=O) groups is 2. The largest absolute Gasteiger partial charge is 0.444 e. The quantitative estimate of drug-likeness (QED) is 0.426. The lowest BCUT2D eigenvalue weighted by atomic mass is 9.96. The van der Waals surface area contributed by atoms with Crippen LogP contribution in [-0.4, -0.2) is 85.1 Å². The number of ether oxygens (including phenoxy) is 1. The van der Waals surface area contributed by atoms with Crippen LogP contribution in [0.3, 0.4) is 0 Å². The number of hydrogen-bond donors (Lipinski definition) is 0. The van der Waals surface area contributed by atoms with E-state index in [1.54, 1.807) is 32.7 Å². The van der Waals surface area contributed by atoms with E-state index in [2.05, 4.69) is 0 Å². The number of carbonyl (C=O) groups excluding carboxylic acids is 2. The van der Waals surface area contributed by atoms with Gasteiger partial charge in [0.05, 0.1) is 6.26 Å². The summed E-state index contributed by atoms with van der Waals surface area (Å²) in [5.41, 5.74) is 1.22. The fourth-order valence-corrected chi connectivity index (χ4v) is 6.06. The first-order valence-electron chi connectivity index (χ1n) is 13.6. The molecule has 1 aliphatic heterocycles. The number of rotatable bonds is 7. The molecule has 1 aliphatic rings. The molecular formula is C31H39N3O5S. The molecule has 3 aromatic carbocycles. The molecule has 2 amide bonds. The van der Waals surface area contributed by atoms with Gasteiger partial charge < -0.3 is 9.64 Å². The van der Waals surface area contributed by atoms with Crippen LogP contribution in [0.1, 0.15) is 31.9 Å². The molecule has 0 spiro atoms. The average Bonchev–Trinajstić information content (AvgIpc) is 2.90. The van der Waals surface area contributed by atoms with E-state index in [0.29, 0.717) is 12.8 Å². The zero-order valence-corrected chi connectivity index (χ0v) is 24.7. The van der Waals surface area contributed by atoms with Crippen LogP contribution < -0.4 is 0 Å². The van der Waals surface area contributed by atoms with Crippen LogP contribution in [0.5, 0.6) is 0 Å². The van der Waals surface area contributed by atoms with Crippen LogP contribution in [0.4, 0.5) is 4.79 Å². The molecule has 9 heteroatoms. The summed E-state index contributed by atoms with van der Waals surface area (Å²) in [6.45, 7) is 6.00. The molecule has 4 rings (SSSR count). The van der Waals surface area contributed by atoms with Crippen LogP contribution in [0.15, 0.2) is 72.8 Å². The molecular weight excluding hydrogens is 526 g/mol. The highest BCUT2D eigenvalue weighted by Gasteiger charge is 2.40. The van der Waals surface area contributed by atoms with Gasteiger partial charge in [0.2, 0.25) is 15.9 Å². The molecule has 1 fully saturated rings. The first kappa shape index (κ1) is 29.6. The van der Waals surface area contributed by atoms with Gasteiger partial charge in [-0.05, 0) is 49.1 Å². The Hall–Kier alpha value is -3.43. The maximum Gasteiger partial charge on any atom is 0.410 e. The molecule has 1 saturated heterocycles. The molecule has 1 heterocycles. The highest BCUT2D eigenvalue weighted by molar-refractivity contribution is 7.88. The fourth-order valence-electron chi connectivity index (χ4n) is 5.20. The maximum atomic E-state index is 14.4. The summed E-state index contributed by atoms with van der Waals surface area (Å²) in [4.78, 5) is 30.8. The van der Waals surface area contributed by atoms with Crippen molar-refractivity contribution in [2.75, 3.05) is 32.9 Å². The Kier molecular flexibility index (Phi) is 8.85. The van der Waals surface area contributed by atoms with Crippen molar-refractivity contribution in [1.82, 2.24) is 14.1 Å². The Bertz CT molecular complexity index is 1450. The Balaban J connectivity index is 1.70. The second-order valence-corrected chi connectivity index (χ2v) is 13.4. The van der Waals surface area contributed by atoms with Crippen LogP contribution in [0, 0.1) is 0 Å². The maximum absolute atomic E-state index is 14.4. The van der Waals surface area contributed by atoms with Gasteiger partial charge in [-0.2, -0.15) is 4.31 Å². The minimum atomic E-state index is -3.43. The third-order valence-electron chi connectivity index (χ3n) is 7.24. The summed E-state index contributed by atoms with van der Waals surface area (Å²) in [7, 11) is -1.83. The van der Waals surface area contributed by atoms with E-state index in [-0.39, 0.29) is 31.6 Å². The number of benzene rings is 3. The smallest absolute Gasteiger partial charge is 0.410 e. The molecule has 2 unspecified atom stereocenters. The summed E-state index contributed by atoms with van der Waals surface area (Å²) in [5.74, 6) is -0.227. The molecule has 0 aliphatic carbocycles. The van der Waals surface area contributed by atoms with Gasteiger partial charge in [-0.15, -0.1) is 0 Å². The zero-order valence-electron chi connectivity index (χ0n) is 23.9. The number of fused-ring (bicyclic) bond motifs is 1. The van der Waals surface area contributed by atoms with Gasteiger partial charge in [-0.1, -0.05) is 72.8 Å². The molecule has 0 bridgehead atoms. The minimum Gasteiger partial charge on any atom is -0.444 e. The van der Waals surface area contributed by atoms with Crippen LogP contribution in [0.25, 0.3) is 10.8 Å². The number of amides is 2. The van der Waals surface area contributed by atoms with E-state index in [1.807, 2.05) is 72.8 Å². The van der Waals surface area contributed by atoms with E-state index in [0.717, 1.165) is 21.9 Å². The molecule has 8 nitrogen and oxygen atoms in total. The lowest BCUT2D eigenvalue weighted by Crippen LogP contribution is -2.61. The van der Waals surface area contributed by atoms with Gasteiger partial charge in [-0.25, -0.2) is 13.2 Å². The van der Waals surface area contributed by atoms with E-state index >= 15 is 0 Å². The number of likely N-dealkylation sites (N-methyl/N-ethyl adjacent to an activating group) is 1. The molecule has 3 aromatic rings. The molecule has 0 radical (unpaired) electrons. The summed E-state index contributed by atoms with van der Waals surface area (Å²) in [5, 5.41) is 2.07. The Morgan fingerprint density at radius 1 is 0.975 bits per heavy atom. The Morgan fingerprint density at radius 3 is 2.30 bits per heavy atom. The second kappa shape index (κ2) is 12.0. The van der Waals surface area contributed by atoms with Crippen LogP contribution in [-0.2, 0) is 32.4 Å². The predicted octanol–water partition coefficient (Wildman–Crippen LogP) is 4.33. The lowest BCUT2D eigenvalue weighted by molar-refractivity contribution is -0.140. The first-order valence-corrected chi connectivity index (χ1v) is 15.4. The van der Waals surface area contributed by atoms with Crippen molar-refractivity contribution >= 4 is 32.8 Å². The SMILES string of the molecule is CN(C(=O)OC(C)(C)C)C(Cc1cccc2ccccc12)C(=O)N1CCN(S(C)(=O)=O)CC1Cc1ccccc1. The summed E-state index contributed by atoms with van der Waals surface area (Å²) < 4.78 is 32.0. The van der Waals surface area contributed by atoms with Crippen molar-refractivity contribution in [2.24, 2.45) is 0 Å². The molecule has 214 valence electrons. The molecule has 0 N–H and O–H groups in total. The monoisotopic (exact) mass is 565 g/mol. The van der Waals surface area contributed by atoms with Crippen molar-refractivity contribution in [3.63, 3.8) is 0 Å².